The SMILES string of the molecule is Cc1cc(Nc2ncc(F)c(NC3C4C=CC(C4)C3C(N)=O)n2)ccc1N1CCN(C)CC1.[Cl-].[H+]. The van der Waals surface area contributed by atoms with Gasteiger partial charge < -0.3 is 38.6 Å². The number of nitrogens with zero attached hydrogens (tertiary/aromatic N) is 4. The second kappa shape index (κ2) is 9.76. The van der Waals surface area contributed by atoms with Gasteiger partial charge in [0.1, 0.15) is 0 Å². The summed E-state index contributed by atoms with van der Waals surface area (Å²) in [6, 6.07) is 5.88. The number of carbonyl (C=O) groups excluding carboxylic acids is 1. The fraction of sp³-hybridized carbons (Fsp3) is 0.458. The van der Waals surface area contributed by atoms with E-state index in [1.165, 1.54) is 5.69 Å². The number of fused-ring (bicyclic) bond motifs is 2. The minimum absolute atomic E-state index is 0. The van der Waals surface area contributed by atoms with Crippen molar-refractivity contribution < 1.29 is 23.0 Å². The Balaban J connectivity index is 0.00000171. The second-order valence-corrected chi connectivity index (χ2v) is 9.35. The average Bonchev–Trinajstić information content (AvgIpc) is 3.39. The van der Waals surface area contributed by atoms with Crippen LogP contribution in [0, 0.1) is 30.5 Å². The number of amides is 1. The first-order valence-electron chi connectivity index (χ1n) is 11.5. The highest BCUT2D eigenvalue weighted by Gasteiger charge is 2.47. The molecule has 2 aliphatic carbocycles. The molecule has 0 spiro atoms. The van der Waals surface area contributed by atoms with E-state index in [9.17, 15) is 9.18 Å². The van der Waals surface area contributed by atoms with E-state index in [4.69, 9.17) is 5.73 Å². The van der Waals surface area contributed by atoms with Crippen LogP contribution in [0.3, 0.4) is 0 Å². The number of anilines is 4. The first kappa shape index (κ1) is 24.2. The monoisotopic (exact) mass is 487 g/mol. The van der Waals surface area contributed by atoms with Crippen LogP contribution in [0.1, 0.15) is 13.4 Å². The number of piperazine rings is 1. The summed E-state index contributed by atoms with van der Waals surface area (Å²) in [7, 11) is 2.14. The largest absolute Gasteiger partial charge is 1.00 e. The molecule has 2 heterocycles. The van der Waals surface area contributed by atoms with Gasteiger partial charge in [-0.25, -0.2) is 9.37 Å². The minimum Gasteiger partial charge on any atom is -1.00 e. The van der Waals surface area contributed by atoms with Crippen LogP contribution in [0.4, 0.5) is 27.5 Å². The van der Waals surface area contributed by atoms with E-state index in [1.807, 2.05) is 12.1 Å². The smallest absolute Gasteiger partial charge is 1.00 e. The minimum atomic E-state index is -0.558. The first-order valence-corrected chi connectivity index (χ1v) is 11.5. The molecule has 2 aromatic rings. The number of carbonyl (C=O) groups is 1. The van der Waals surface area contributed by atoms with Crippen LogP contribution >= 0.6 is 0 Å². The molecular weight excluding hydrogens is 457 g/mol. The van der Waals surface area contributed by atoms with Crippen molar-refractivity contribution in [2.75, 3.05) is 48.8 Å². The van der Waals surface area contributed by atoms with Crippen molar-refractivity contribution in [2.24, 2.45) is 23.5 Å². The summed E-state index contributed by atoms with van der Waals surface area (Å²) < 4.78 is 14.5. The molecule has 4 unspecified atom stereocenters. The lowest BCUT2D eigenvalue weighted by Gasteiger charge is -2.35. The maximum absolute atomic E-state index is 14.5. The predicted molar refractivity (Wildman–Crippen MR) is 128 cm³/mol. The van der Waals surface area contributed by atoms with Gasteiger partial charge in [-0.2, -0.15) is 4.98 Å². The van der Waals surface area contributed by atoms with Gasteiger partial charge in [0.05, 0.1) is 12.1 Å². The number of rotatable bonds is 6. The van der Waals surface area contributed by atoms with Crippen LogP contribution < -0.4 is 33.7 Å². The van der Waals surface area contributed by atoms with Gasteiger partial charge in [0.25, 0.3) is 0 Å². The molecule has 34 heavy (non-hydrogen) atoms. The average molecular weight is 488 g/mol. The summed E-state index contributed by atoms with van der Waals surface area (Å²) in [6.07, 6.45) is 6.11. The molecule has 1 aromatic heterocycles. The van der Waals surface area contributed by atoms with Crippen molar-refractivity contribution in [1.82, 2.24) is 14.9 Å². The number of allylic oxidation sites excluding steroid dienone is 1. The van der Waals surface area contributed by atoms with Crippen LogP contribution in [0.2, 0.25) is 0 Å². The van der Waals surface area contributed by atoms with Crippen molar-refractivity contribution in [3.63, 3.8) is 0 Å². The van der Waals surface area contributed by atoms with E-state index in [-0.39, 0.29) is 49.4 Å². The van der Waals surface area contributed by atoms with Crippen LogP contribution in [-0.2, 0) is 4.79 Å². The van der Waals surface area contributed by atoms with Crippen LogP contribution in [0.15, 0.2) is 36.5 Å². The van der Waals surface area contributed by atoms with E-state index in [0.29, 0.717) is 5.95 Å². The van der Waals surface area contributed by atoms with Gasteiger partial charge in [-0.05, 0) is 56.0 Å². The Labute approximate surface area is 206 Å². The van der Waals surface area contributed by atoms with Gasteiger partial charge in [0.15, 0.2) is 11.6 Å². The molecule has 1 aromatic carbocycles. The third kappa shape index (κ3) is 4.67. The van der Waals surface area contributed by atoms with E-state index >= 15 is 0 Å². The third-order valence-corrected chi connectivity index (χ3v) is 7.13. The van der Waals surface area contributed by atoms with Crippen molar-refractivity contribution in [3.8, 4) is 0 Å². The molecule has 0 radical (unpaired) electrons. The lowest BCUT2D eigenvalue weighted by molar-refractivity contribution is -0.122. The summed E-state index contributed by atoms with van der Waals surface area (Å²) in [5.41, 5.74) is 8.84. The van der Waals surface area contributed by atoms with Crippen LogP contribution in [0.5, 0.6) is 0 Å². The number of nitrogens with one attached hydrogen (secondary N) is 2. The molecule has 3 aliphatic rings. The number of primary amides is 1. The van der Waals surface area contributed by atoms with Crippen LogP contribution in [-0.4, -0.2) is 60.0 Å². The fourth-order valence-corrected chi connectivity index (χ4v) is 5.36. The Hall–Kier alpha value is -2.91. The van der Waals surface area contributed by atoms with E-state index in [0.717, 1.165) is 50.0 Å². The summed E-state index contributed by atoms with van der Waals surface area (Å²) in [4.78, 5) is 25.2. The highest BCUT2D eigenvalue weighted by molar-refractivity contribution is 5.79. The Morgan fingerprint density at radius 3 is 2.65 bits per heavy atom. The zero-order chi connectivity index (χ0) is 23.1. The van der Waals surface area contributed by atoms with E-state index in [2.05, 4.69) is 62.6 Å². The molecule has 182 valence electrons. The van der Waals surface area contributed by atoms with Crippen LogP contribution in [0.25, 0.3) is 0 Å². The molecule has 10 heteroatoms. The van der Waals surface area contributed by atoms with Gasteiger partial charge in [-0.3, -0.25) is 4.79 Å². The zero-order valence-corrected chi connectivity index (χ0v) is 20.1. The molecule has 1 saturated heterocycles. The predicted octanol–water partition coefficient (Wildman–Crippen LogP) is -0.376. The van der Waals surface area contributed by atoms with Gasteiger partial charge in [-0.1, -0.05) is 12.2 Å². The molecule has 4 N–H and O–H groups in total. The molecular formula is C24H31ClFN7O. The summed E-state index contributed by atoms with van der Waals surface area (Å²) in [6.45, 7) is 6.20. The standard InChI is InChI=1S/C24H30FN7O.ClH/c1-14-11-17(5-6-19(14)32-9-7-31(2)8-10-32)28-24-27-13-18(25)23(30-24)29-21-16-4-3-15(12-16)20(21)22(26)33;/h3-6,11,13,15-16,20-21H,7-10,12H2,1-2H3,(H2,26,33)(H2,27,28,29,30);1H. The number of nitrogens with two attached hydrogens (primary N) is 1. The molecule has 1 saturated carbocycles. The number of hydrogen-bond donors (Lipinski definition) is 3. The second-order valence-electron chi connectivity index (χ2n) is 9.35. The highest BCUT2D eigenvalue weighted by atomic mass is 35.5. The topological polar surface area (TPSA) is 99.4 Å². The number of likely N-dealkylation sites (N-methyl/N-ethyl adjacent to an activating group) is 1. The van der Waals surface area contributed by atoms with Gasteiger partial charge in [0.2, 0.25) is 11.9 Å². The third-order valence-electron chi connectivity index (χ3n) is 7.13. The summed E-state index contributed by atoms with van der Waals surface area (Å²) in [5, 5.41) is 6.32. The van der Waals surface area contributed by atoms with Crippen molar-refractivity contribution in [2.45, 2.75) is 19.4 Å². The Kier molecular flexibility index (Phi) is 6.95. The Bertz CT molecular complexity index is 1100. The molecule has 8 nitrogen and oxygen atoms in total. The zero-order valence-electron chi connectivity index (χ0n) is 20.3. The molecule has 5 rings (SSSR count). The summed E-state index contributed by atoms with van der Waals surface area (Å²) >= 11 is 0. The number of benzene rings is 1. The fourth-order valence-electron chi connectivity index (χ4n) is 5.36. The maximum atomic E-state index is 14.5. The number of hydrogen-bond acceptors (Lipinski definition) is 7. The van der Waals surface area contributed by atoms with Gasteiger partial charge in [0, 0.05) is 43.6 Å². The number of aryl methyl sites for hydroxylation is 1. The van der Waals surface area contributed by atoms with Gasteiger partial charge in [-0.15, -0.1) is 0 Å². The lowest BCUT2D eigenvalue weighted by atomic mass is 9.88. The first-order chi connectivity index (χ1) is 15.9. The molecule has 1 amide bonds. The number of aromatic nitrogens is 2. The Morgan fingerprint density at radius 1 is 1.21 bits per heavy atom. The normalized spacial score (nSPS) is 25.8. The highest BCUT2D eigenvalue weighted by Crippen LogP contribution is 2.44. The van der Waals surface area contributed by atoms with E-state index < -0.39 is 5.82 Å². The van der Waals surface area contributed by atoms with Crippen molar-refractivity contribution in [3.05, 3.63) is 47.9 Å². The number of halogens is 2. The van der Waals surface area contributed by atoms with Crippen molar-refractivity contribution >= 4 is 29.0 Å². The quantitative estimate of drug-likeness (QED) is 0.478. The van der Waals surface area contributed by atoms with E-state index in [1.54, 1.807) is 0 Å². The lowest BCUT2D eigenvalue weighted by Crippen LogP contribution is -3.00. The molecule has 1 aliphatic heterocycles. The molecule has 2 fully saturated rings. The molecule has 4 atom stereocenters. The maximum Gasteiger partial charge on any atom is 1.00 e. The Morgan fingerprint density at radius 2 is 1.94 bits per heavy atom. The van der Waals surface area contributed by atoms with Gasteiger partial charge >= 0.3 is 1.43 Å². The van der Waals surface area contributed by atoms with Crippen molar-refractivity contribution in [1.29, 1.82) is 0 Å². The molecule has 2 bridgehead atoms. The summed E-state index contributed by atoms with van der Waals surface area (Å²) in [5.74, 6) is -0.673.